The summed E-state index contributed by atoms with van der Waals surface area (Å²) in [6, 6.07) is 0.248. The molecule has 0 saturated heterocycles. The Morgan fingerprint density at radius 2 is 2.36 bits per heavy atom. The van der Waals surface area contributed by atoms with Gasteiger partial charge < -0.3 is 9.67 Å². The maximum atomic E-state index is 10.7. The molecule has 1 heterocycles. The fraction of sp³-hybridized carbons (Fsp3) is 0.556. The third-order valence-corrected chi connectivity index (χ3v) is 2.40. The third kappa shape index (κ3) is 2.29. The van der Waals surface area contributed by atoms with Crippen LogP contribution in [0.4, 0.5) is 0 Å². The van der Waals surface area contributed by atoms with Crippen molar-refractivity contribution in [1.82, 2.24) is 9.55 Å². The van der Waals surface area contributed by atoms with Crippen molar-refractivity contribution in [2.24, 2.45) is 0 Å². The zero-order chi connectivity index (χ0) is 10.7. The first-order valence-electron chi connectivity index (χ1n) is 4.36. The molecule has 5 heteroatoms. The number of hydrogen-bond acceptors (Lipinski definition) is 3. The normalized spacial score (nSPS) is 10.9. The molecule has 0 aliphatic heterocycles. The number of hydrogen-bond donors (Lipinski definition) is 1. The fourth-order valence-corrected chi connectivity index (χ4v) is 1.69. The molecule has 0 saturated carbocycles. The van der Waals surface area contributed by atoms with Crippen LogP contribution in [-0.4, -0.2) is 26.9 Å². The van der Waals surface area contributed by atoms with Gasteiger partial charge in [-0.2, -0.15) is 11.8 Å². The molecule has 0 bridgehead atoms. The van der Waals surface area contributed by atoms with Crippen LogP contribution in [0.2, 0.25) is 0 Å². The number of thioether (sulfide) groups is 1. The first-order valence-corrected chi connectivity index (χ1v) is 5.75. The van der Waals surface area contributed by atoms with Crippen molar-refractivity contribution in [3.05, 3.63) is 17.7 Å². The van der Waals surface area contributed by atoms with Gasteiger partial charge in [-0.25, -0.2) is 9.78 Å². The second kappa shape index (κ2) is 4.50. The van der Waals surface area contributed by atoms with Crippen molar-refractivity contribution in [3.63, 3.8) is 0 Å². The molecule has 4 nitrogen and oxygen atoms in total. The van der Waals surface area contributed by atoms with Crippen LogP contribution >= 0.6 is 11.8 Å². The SMILES string of the molecule is CSCc1nc(C(=O)O)cn1C(C)C. The van der Waals surface area contributed by atoms with Crippen LogP contribution in [0.1, 0.15) is 36.2 Å². The summed E-state index contributed by atoms with van der Waals surface area (Å²) in [4.78, 5) is 14.8. The molecule has 1 rings (SSSR count). The molecule has 0 amide bonds. The van der Waals surface area contributed by atoms with E-state index in [0.717, 1.165) is 11.6 Å². The maximum Gasteiger partial charge on any atom is 0.356 e. The van der Waals surface area contributed by atoms with Gasteiger partial charge in [0, 0.05) is 12.2 Å². The number of aromatic nitrogens is 2. The summed E-state index contributed by atoms with van der Waals surface area (Å²) in [7, 11) is 0. The molecule has 1 aromatic heterocycles. The van der Waals surface area contributed by atoms with Crippen LogP contribution in [-0.2, 0) is 5.75 Å². The van der Waals surface area contributed by atoms with E-state index in [-0.39, 0.29) is 11.7 Å². The van der Waals surface area contributed by atoms with E-state index in [1.165, 1.54) is 0 Å². The molecule has 0 spiro atoms. The lowest BCUT2D eigenvalue weighted by molar-refractivity contribution is 0.0691. The lowest BCUT2D eigenvalue weighted by Gasteiger charge is -2.09. The topological polar surface area (TPSA) is 55.1 Å². The maximum absolute atomic E-state index is 10.7. The highest BCUT2D eigenvalue weighted by Crippen LogP contribution is 2.15. The average molecular weight is 214 g/mol. The average Bonchev–Trinajstić information content (AvgIpc) is 2.49. The molecular formula is C9H14N2O2S. The highest BCUT2D eigenvalue weighted by Gasteiger charge is 2.13. The molecule has 78 valence electrons. The number of carboxylic acid groups (broad SMARTS) is 1. The Morgan fingerprint density at radius 1 is 1.71 bits per heavy atom. The van der Waals surface area contributed by atoms with Gasteiger partial charge in [-0.3, -0.25) is 0 Å². The summed E-state index contributed by atoms with van der Waals surface area (Å²) >= 11 is 1.64. The van der Waals surface area contributed by atoms with E-state index in [4.69, 9.17) is 5.11 Å². The first kappa shape index (κ1) is 11.1. The predicted octanol–water partition coefficient (Wildman–Crippen LogP) is 2.03. The molecule has 0 unspecified atom stereocenters. The van der Waals surface area contributed by atoms with Gasteiger partial charge in [0.25, 0.3) is 0 Å². The molecule has 1 aromatic rings. The molecule has 14 heavy (non-hydrogen) atoms. The Labute approximate surface area is 87.3 Å². The number of carboxylic acids is 1. The summed E-state index contributed by atoms with van der Waals surface area (Å²) in [6.45, 7) is 4.02. The quantitative estimate of drug-likeness (QED) is 0.833. The zero-order valence-corrected chi connectivity index (χ0v) is 9.34. The van der Waals surface area contributed by atoms with Crippen LogP contribution in [0.25, 0.3) is 0 Å². The number of carbonyl (C=O) groups is 1. The van der Waals surface area contributed by atoms with Gasteiger partial charge in [-0.05, 0) is 20.1 Å². The molecule has 0 fully saturated rings. The molecule has 0 radical (unpaired) electrons. The van der Waals surface area contributed by atoms with E-state index in [1.807, 2.05) is 24.7 Å². The van der Waals surface area contributed by atoms with E-state index in [2.05, 4.69) is 4.98 Å². The van der Waals surface area contributed by atoms with Gasteiger partial charge in [0.15, 0.2) is 5.69 Å². The van der Waals surface area contributed by atoms with Crippen molar-refractivity contribution in [2.45, 2.75) is 25.6 Å². The van der Waals surface area contributed by atoms with Gasteiger partial charge in [0.1, 0.15) is 5.82 Å². The lowest BCUT2D eigenvalue weighted by Crippen LogP contribution is -2.03. The minimum atomic E-state index is -0.966. The van der Waals surface area contributed by atoms with Gasteiger partial charge >= 0.3 is 5.97 Å². The molecule has 1 N–H and O–H groups in total. The van der Waals surface area contributed by atoms with Crippen molar-refractivity contribution in [1.29, 1.82) is 0 Å². The van der Waals surface area contributed by atoms with Crippen molar-refractivity contribution in [2.75, 3.05) is 6.26 Å². The molecule has 0 aliphatic carbocycles. The van der Waals surface area contributed by atoms with Crippen LogP contribution in [0, 0.1) is 0 Å². The number of nitrogens with zero attached hydrogens (tertiary/aromatic N) is 2. The van der Waals surface area contributed by atoms with E-state index >= 15 is 0 Å². The van der Waals surface area contributed by atoms with Gasteiger partial charge in [0.05, 0.1) is 5.75 Å². The van der Waals surface area contributed by atoms with Crippen molar-refractivity contribution < 1.29 is 9.90 Å². The predicted molar refractivity (Wildman–Crippen MR) is 56.8 cm³/mol. The monoisotopic (exact) mass is 214 g/mol. The van der Waals surface area contributed by atoms with Crippen LogP contribution in [0.5, 0.6) is 0 Å². The highest BCUT2D eigenvalue weighted by molar-refractivity contribution is 7.97. The Morgan fingerprint density at radius 3 is 2.79 bits per heavy atom. The van der Waals surface area contributed by atoms with Crippen molar-refractivity contribution >= 4 is 17.7 Å². The number of imidazole rings is 1. The number of aromatic carboxylic acids is 1. The van der Waals surface area contributed by atoms with Gasteiger partial charge in [-0.1, -0.05) is 0 Å². The minimum Gasteiger partial charge on any atom is -0.476 e. The standard InChI is InChI=1S/C9H14N2O2S/c1-6(2)11-4-7(9(12)13)10-8(11)5-14-3/h4,6H,5H2,1-3H3,(H,12,13). The summed E-state index contributed by atoms with van der Waals surface area (Å²) in [5, 5.41) is 8.79. The summed E-state index contributed by atoms with van der Waals surface area (Å²) < 4.78 is 1.90. The molecule has 0 aromatic carbocycles. The second-order valence-corrected chi connectivity index (χ2v) is 4.15. The van der Waals surface area contributed by atoms with E-state index < -0.39 is 5.97 Å². The summed E-state index contributed by atoms with van der Waals surface area (Å²) in [6.07, 6.45) is 3.57. The molecule has 0 atom stereocenters. The Balaban J connectivity index is 3.05. The van der Waals surface area contributed by atoms with Gasteiger partial charge in [-0.15, -0.1) is 0 Å². The van der Waals surface area contributed by atoms with E-state index in [9.17, 15) is 4.79 Å². The van der Waals surface area contributed by atoms with Crippen molar-refractivity contribution in [3.8, 4) is 0 Å². The number of rotatable bonds is 4. The fourth-order valence-electron chi connectivity index (χ4n) is 1.22. The van der Waals surface area contributed by atoms with Crippen LogP contribution < -0.4 is 0 Å². The zero-order valence-electron chi connectivity index (χ0n) is 8.52. The second-order valence-electron chi connectivity index (χ2n) is 3.28. The summed E-state index contributed by atoms with van der Waals surface area (Å²) in [5.41, 5.74) is 0.128. The van der Waals surface area contributed by atoms with Gasteiger partial charge in [0.2, 0.25) is 0 Å². The molecule has 0 aliphatic rings. The van der Waals surface area contributed by atoms with E-state index in [1.54, 1.807) is 18.0 Å². The van der Waals surface area contributed by atoms with E-state index in [0.29, 0.717) is 0 Å². The first-order chi connectivity index (χ1) is 6.56. The Hall–Kier alpha value is -0.970. The largest absolute Gasteiger partial charge is 0.476 e. The lowest BCUT2D eigenvalue weighted by atomic mass is 10.4. The third-order valence-electron chi connectivity index (χ3n) is 1.86. The Kier molecular flexibility index (Phi) is 3.57. The summed E-state index contributed by atoms with van der Waals surface area (Å²) in [5.74, 6) is 0.600. The minimum absolute atomic E-state index is 0.128. The molecular weight excluding hydrogens is 200 g/mol. The highest BCUT2D eigenvalue weighted by atomic mass is 32.2. The van der Waals surface area contributed by atoms with Crippen LogP contribution in [0.3, 0.4) is 0 Å². The Bertz CT molecular complexity index is 334. The smallest absolute Gasteiger partial charge is 0.356 e. The van der Waals surface area contributed by atoms with Crippen LogP contribution in [0.15, 0.2) is 6.20 Å².